The third-order valence-electron chi connectivity index (χ3n) is 4.70. The summed E-state index contributed by atoms with van der Waals surface area (Å²) in [6, 6.07) is 6.11. The molecule has 2 N–H and O–H groups in total. The molecule has 1 aliphatic heterocycles. The highest BCUT2D eigenvalue weighted by Crippen LogP contribution is 2.20. The number of carbonyl (C=O) groups excluding carboxylic acids is 1. The number of benzene rings is 1. The zero-order valence-corrected chi connectivity index (χ0v) is 16.7. The normalized spacial score (nSPS) is 17.8. The highest BCUT2D eigenvalue weighted by molar-refractivity contribution is 9.10. The summed E-state index contributed by atoms with van der Waals surface area (Å²) in [6.07, 6.45) is 0. The number of carbonyl (C=O) groups is 1. The van der Waals surface area contributed by atoms with Gasteiger partial charge in [-0.05, 0) is 37.6 Å². The summed E-state index contributed by atoms with van der Waals surface area (Å²) in [5, 5.41) is 6.00. The summed E-state index contributed by atoms with van der Waals surface area (Å²) in [5.41, 5.74) is 1.88. The number of rotatable bonds is 5. The summed E-state index contributed by atoms with van der Waals surface area (Å²) in [7, 11) is 2.16. The molecule has 1 saturated heterocycles. The lowest BCUT2D eigenvalue weighted by Crippen LogP contribution is -2.54. The van der Waals surface area contributed by atoms with Crippen LogP contribution in [0.25, 0.3) is 0 Å². The summed E-state index contributed by atoms with van der Waals surface area (Å²) < 4.78 is 0.959. The maximum Gasteiger partial charge on any atom is 0.319 e. The molecule has 2 rings (SSSR count). The Morgan fingerprint density at radius 1 is 1.25 bits per heavy atom. The van der Waals surface area contributed by atoms with Gasteiger partial charge >= 0.3 is 6.03 Å². The molecule has 0 spiro atoms. The highest BCUT2D eigenvalue weighted by atomic mass is 79.9. The monoisotopic (exact) mass is 396 g/mol. The maximum absolute atomic E-state index is 12.3. The number of aryl methyl sites for hydroxylation is 1. The molecule has 0 radical (unpaired) electrons. The van der Waals surface area contributed by atoms with E-state index in [-0.39, 0.29) is 6.03 Å². The van der Waals surface area contributed by atoms with Crippen molar-refractivity contribution >= 4 is 27.6 Å². The van der Waals surface area contributed by atoms with Gasteiger partial charge in [0.15, 0.2) is 0 Å². The number of halogens is 1. The highest BCUT2D eigenvalue weighted by Gasteiger charge is 2.25. The molecule has 1 fully saturated rings. The SMILES string of the molecule is Cc1ccc(Br)cc1NC(=O)NCC(C(C)C)N1CCN(C)CC1. The molecule has 1 unspecified atom stereocenters. The van der Waals surface area contributed by atoms with Gasteiger partial charge in [0, 0.05) is 48.9 Å². The lowest BCUT2D eigenvalue weighted by molar-refractivity contribution is 0.0890. The van der Waals surface area contributed by atoms with Crippen molar-refractivity contribution in [2.24, 2.45) is 5.92 Å². The van der Waals surface area contributed by atoms with E-state index in [0.717, 1.165) is 41.9 Å². The van der Waals surface area contributed by atoms with Crippen LogP contribution in [0.1, 0.15) is 19.4 Å². The zero-order chi connectivity index (χ0) is 17.7. The number of nitrogens with zero attached hydrogens (tertiary/aromatic N) is 2. The fourth-order valence-electron chi connectivity index (χ4n) is 3.03. The van der Waals surface area contributed by atoms with E-state index < -0.39 is 0 Å². The van der Waals surface area contributed by atoms with Crippen molar-refractivity contribution in [3.05, 3.63) is 28.2 Å². The van der Waals surface area contributed by atoms with Crippen molar-refractivity contribution in [3.63, 3.8) is 0 Å². The third kappa shape index (κ3) is 5.46. The van der Waals surface area contributed by atoms with Crippen LogP contribution in [0.4, 0.5) is 10.5 Å². The average Bonchev–Trinajstić information content (AvgIpc) is 2.52. The van der Waals surface area contributed by atoms with Crippen LogP contribution in [0.3, 0.4) is 0 Å². The summed E-state index contributed by atoms with van der Waals surface area (Å²) in [5.74, 6) is 0.501. The van der Waals surface area contributed by atoms with E-state index in [9.17, 15) is 4.79 Å². The Morgan fingerprint density at radius 3 is 2.54 bits per heavy atom. The minimum absolute atomic E-state index is 0.143. The molecule has 0 aliphatic carbocycles. The fraction of sp³-hybridized carbons (Fsp3) is 0.611. The first-order valence-corrected chi connectivity index (χ1v) is 9.39. The van der Waals surface area contributed by atoms with Crippen molar-refractivity contribution in [1.82, 2.24) is 15.1 Å². The van der Waals surface area contributed by atoms with Gasteiger partial charge in [0.2, 0.25) is 0 Å². The van der Waals surface area contributed by atoms with Crippen molar-refractivity contribution in [1.29, 1.82) is 0 Å². The van der Waals surface area contributed by atoms with Crippen LogP contribution in [0, 0.1) is 12.8 Å². The van der Waals surface area contributed by atoms with Gasteiger partial charge in [0.1, 0.15) is 0 Å². The van der Waals surface area contributed by atoms with Crippen LogP contribution in [0.5, 0.6) is 0 Å². The molecular weight excluding hydrogens is 368 g/mol. The van der Waals surface area contributed by atoms with Gasteiger partial charge in [-0.3, -0.25) is 4.90 Å². The summed E-state index contributed by atoms with van der Waals surface area (Å²) in [6.45, 7) is 11.4. The molecule has 2 amide bonds. The second-order valence-electron chi connectivity index (χ2n) is 6.94. The van der Waals surface area contributed by atoms with Crippen LogP contribution in [-0.4, -0.2) is 61.6 Å². The van der Waals surface area contributed by atoms with Crippen LogP contribution < -0.4 is 10.6 Å². The topological polar surface area (TPSA) is 47.6 Å². The summed E-state index contributed by atoms with van der Waals surface area (Å²) in [4.78, 5) is 17.1. The molecule has 5 nitrogen and oxygen atoms in total. The average molecular weight is 397 g/mol. The number of piperazine rings is 1. The van der Waals surface area contributed by atoms with Crippen LogP contribution in [0.2, 0.25) is 0 Å². The van der Waals surface area contributed by atoms with E-state index in [1.54, 1.807) is 0 Å². The molecule has 1 aromatic carbocycles. The predicted octanol–water partition coefficient (Wildman–Crippen LogP) is 3.15. The Hall–Kier alpha value is -1.11. The second kappa shape index (κ2) is 8.83. The minimum Gasteiger partial charge on any atom is -0.336 e. The first-order valence-electron chi connectivity index (χ1n) is 8.60. The van der Waals surface area contributed by atoms with Crippen LogP contribution in [-0.2, 0) is 0 Å². The van der Waals surface area contributed by atoms with Gasteiger partial charge in [0.05, 0.1) is 0 Å². The number of likely N-dealkylation sites (N-methyl/N-ethyl adjacent to an activating group) is 1. The van der Waals surface area contributed by atoms with Gasteiger partial charge in [0.25, 0.3) is 0 Å². The first-order chi connectivity index (χ1) is 11.4. The quantitative estimate of drug-likeness (QED) is 0.803. The van der Waals surface area contributed by atoms with Crippen molar-refractivity contribution in [2.75, 3.05) is 45.1 Å². The smallest absolute Gasteiger partial charge is 0.319 e. The van der Waals surface area contributed by atoms with E-state index in [1.807, 2.05) is 25.1 Å². The van der Waals surface area contributed by atoms with Gasteiger partial charge in [-0.2, -0.15) is 0 Å². The van der Waals surface area contributed by atoms with Gasteiger partial charge in [-0.1, -0.05) is 35.8 Å². The number of urea groups is 1. The van der Waals surface area contributed by atoms with Gasteiger partial charge in [-0.25, -0.2) is 4.79 Å². The van der Waals surface area contributed by atoms with Crippen molar-refractivity contribution in [3.8, 4) is 0 Å². The lowest BCUT2D eigenvalue weighted by atomic mass is 10.0. The Morgan fingerprint density at radius 2 is 1.92 bits per heavy atom. The lowest BCUT2D eigenvalue weighted by Gasteiger charge is -2.39. The maximum atomic E-state index is 12.3. The molecule has 1 heterocycles. The molecule has 6 heteroatoms. The molecule has 0 bridgehead atoms. The Bertz CT molecular complexity index is 556. The third-order valence-corrected chi connectivity index (χ3v) is 5.19. The molecule has 0 aromatic heterocycles. The van der Waals surface area contributed by atoms with E-state index >= 15 is 0 Å². The molecule has 134 valence electrons. The molecule has 1 atom stereocenters. The Balaban J connectivity index is 1.89. The van der Waals surface area contributed by atoms with E-state index in [4.69, 9.17) is 0 Å². The van der Waals surface area contributed by atoms with Gasteiger partial charge < -0.3 is 15.5 Å². The van der Waals surface area contributed by atoms with E-state index in [2.05, 4.69) is 57.3 Å². The van der Waals surface area contributed by atoms with Crippen LogP contribution in [0.15, 0.2) is 22.7 Å². The Kier molecular flexibility index (Phi) is 7.07. The Labute approximate surface area is 153 Å². The minimum atomic E-state index is -0.143. The molecule has 24 heavy (non-hydrogen) atoms. The summed E-state index contributed by atoms with van der Waals surface area (Å²) >= 11 is 3.44. The van der Waals surface area contributed by atoms with Gasteiger partial charge in [-0.15, -0.1) is 0 Å². The standard InChI is InChI=1S/C18H29BrN4O/c1-13(2)17(23-9-7-22(4)8-10-23)12-20-18(24)21-16-11-15(19)6-5-14(16)3/h5-6,11,13,17H,7-10,12H2,1-4H3,(H2,20,21,24). The first kappa shape index (κ1) is 19.2. The second-order valence-corrected chi connectivity index (χ2v) is 7.86. The number of hydrogen-bond acceptors (Lipinski definition) is 3. The largest absolute Gasteiger partial charge is 0.336 e. The van der Waals surface area contributed by atoms with E-state index in [0.29, 0.717) is 18.5 Å². The number of hydrogen-bond donors (Lipinski definition) is 2. The molecular formula is C18H29BrN4O. The number of anilines is 1. The van der Waals surface area contributed by atoms with Crippen molar-refractivity contribution in [2.45, 2.75) is 26.8 Å². The molecule has 1 aromatic rings. The predicted molar refractivity (Wildman–Crippen MR) is 104 cm³/mol. The zero-order valence-electron chi connectivity index (χ0n) is 15.1. The van der Waals surface area contributed by atoms with E-state index in [1.165, 1.54) is 0 Å². The van der Waals surface area contributed by atoms with Crippen LogP contribution >= 0.6 is 15.9 Å². The molecule has 1 aliphatic rings. The molecule has 0 saturated carbocycles. The fourth-order valence-corrected chi connectivity index (χ4v) is 3.39. The number of amides is 2. The van der Waals surface area contributed by atoms with Crippen molar-refractivity contribution < 1.29 is 4.79 Å². The number of nitrogens with one attached hydrogen (secondary N) is 2.